The zero-order valence-electron chi connectivity index (χ0n) is 11.8. The molecule has 1 aliphatic rings. The minimum absolute atomic E-state index is 0.0419. The molecule has 1 saturated heterocycles. The third-order valence-corrected chi connectivity index (χ3v) is 3.20. The minimum atomic E-state index is -0.493. The summed E-state index contributed by atoms with van der Waals surface area (Å²) in [5, 5.41) is 3.88. The Morgan fingerprint density at radius 2 is 2.15 bits per heavy atom. The number of ether oxygens (including phenoxy) is 2. The molecule has 1 heterocycles. The number of carbonyl (C=O) groups excluding carboxylic acids is 1. The molecule has 1 aromatic carbocycles. The monoisotopic (exact) mass is 278 g/mol. The third kappa shape index (κ3) is 3.01. The van der Waals surface area contributed by atoms with E-state index in [1.807, 2.05) is 0 Å². The first kappa shape index (κ1) is 14.2. The summed E-state index contributed by atoms with van der Waals surface area (Å²) < 4.78 is 10.4. The highest BCUT2D eigenvalue weighted by Crippen LogP contribution is 2.22. The number of hydrogen-bond donors (Lipinski definition) is 0. The molecule has 1 atom stereocenters. The van der Waals surface area contributed by atoms with Crippen molar-refractivity contribution in [3.63, 3.8) is 0 Å². The average molecular weight is 278 g/mol. The predicted octanol–water partition coefficient (Wildman–Crippen LogP) is 1.29. The van der Waals surface area contributed by atoms with Crippen molar-refractivity contribution < 1.29 is 19.1 Å². The van der Waals surface area contributed by atoms with Gasteiger partial charge in [-0.25, -0.2) is 0 Å². The van der Waals surface area contributed by atoms with Crippen LogP contribution in [0.5, 0.6) is 11.5 Å². The van der Waals surface area contributed by atoms with E-state index in [9.17, 15) is 4.79 Å². The van der Waals surface area contributed by atoms with Gasteiger partial charge in [0.05, 0.1) is 20.4 Å². The zero-order valence-corrected chi connectivity index (χ0v) is 11.8. The van der Waals surface area contributed by atoms with Crippen molar-refractivity contribution >= 4 is 12.1 Å². The summed E-state index contributed by atoms with van der Waals surface area (Å²) >= 11 is 0. The molecule has 0 spiro atoms. The van der Waals surface area contributed by atoms with Crippen molar-refractivity contribution in [2.75, 3.05) is 27.8 Å². The summed E-state index contributed by atoms with van der Waals surface area (Å²) in [4.78, 5) is 18.5. The Kier molecular flexibility index (Phi) is 4.45. The van der Waals surface area contributed by atoms with E-state index in [1.165, 1.54) is 6.21 Å². The van der Waals surface area contributed by atoms with Crippen molar-refractivity contribution in [1.82, 2.24) is 4.90 Å². The number of methoxy groups -OCH3 is 2. The Morgan fingerprint density at radius 1 is 1.35 bits per heavy atom. The fraction of sp³-hybridized carbons (Fsp3) is 0.429. The maximum atomic E-state index is 11.7. The van der Waals surface area contributed by atoms with E-state index in [4.69, 9.17) is 14.3 Å². The molecule has 0 aromatic heterocycles. The van der Waals surface area contributed by atoms with Gasteiger partial charge in [0.25, 0.3) is 5.91 Å². The molecule has 20 heavy (non-hydrogen) atoms. The maximum absolute atomic E-state index is 11.7. The summed E-state index contributed by atoms with van der Waals surface area (Å²) in [6, 6.07) is 5.37. The first-order valence-electron chi connectivity index (χ1n) is 6.32. The number of amides is 1. The largest absolute Gasteiger partial charge is 0.497 e. The molecule has 2 rings (SSSR count). The van der Waals surface area contributed by atoms with Gasteiger partial charge in [-0.1, -0.05) is 5.16 Å². The van der Waals surface area contributed by atoms with Crippen LogP contribution in [-0.2, 0) is 9.63 Å². The quantitative estimate of drug-likeness (QED) is 0.601. The van der Waals surface area contributed by atoms with Crippen LogP contribution >= 0.6 is 0 Å². The van der Waals surface area contributed by atoms with Gasteiger partial charge in [0.1, 0.15) is 11.5 Å². The van der Waals surface area contributed by atoms with E-state index in [2.05, 4.69) is 5.16 Å². The van der Waals surface area contributed by atoms with Gasteiger partial charge < -0.3 is 19.2 Å². The van der Waals surface area contributed by atoms with E-state index in [-0.39, 0.29) is 5.91 Å². The molecule has 0 aliphatic carbocycles. The topological polar surface area (TPSA) is 60.4 Å². The van der Waals surface area contributed by atoms with Gasteiger partial charge in [0.15, 0.2) is 0 Å². The fourth-order valence-electron chi connectivity index (χ4n) is 1.99. The van der Waals surface area contributed by atoms with E-state index in [0.717, 1.165) is 5.56 Å². The molecule has 0 radical (unpaired) electrons. The molecule has 6 heteroatoms. The lowest BCUT2D eigenvalue weighted by atomic mass is 10.2. The minimum Gasteiger partial charge on any atom is -0.497 e. The number of benzene rings is 1. The average Bonchev–Trinajstić information content (AvgIpc) is 2.79. The normalized spacial score (nSPS) is 18.6. The maximum Gasteiger partial charge on any atom is 0.266 e. The van der Waals surface area contributed by atoms with E-state index < -0.39 is 6.10 Å². The molecule has 0 unspecified atom stereocenters. The fourth-order valence-corrected chi connectivity index (χ4v) is 1.99. The van der Waals surface area contributed by atoms with Crippen LogP contribution in [0, 0.1) is 0 Å². The Balaban J connectivity index is 2.05. The Labute approximate surface area is 117 Å². The van der Waals surface area contributed by atoms with Gasteiger partial charge >= 0.3 is 0 Å². The lowest BCUT2D eigenvalue weighted by molar-refractivity contribution is -0.136. The lowest BCUT2D eigenvalue weighted by Gasteiger charge is -2.09. The predicted molar refractivity (Wildman–Crippen MR) is 74.3 cm³/mol. The van der Waals surface area contributed by atoms with Gasteiger partial charge in [0.2, 0.25) is 6.10 Å². The van der Waals surface area contributed by atoms with Crippen LogP contribution in [0.1, 0.15) is 12.0 Å². The van der Waals surface area contributed by atoms with Crippen LogP contribution < -0.4 is 9.47 Å². The standard InChI is InChI=1S/C14H18N2O4/c1-16-7-6-13(14(16)17)20-15-9-10-8-11(18-2)4-5-12(10)19-3/h4-5,8-9,13H,6-7H2,1-3H3/t13-/m1/s1. The van der Waals surface area contributed by atoms with Crippen molar-refractivity contribution in [1.29, 1.82) is 0 Å². The molecular formula is C14H18N2O4. The zero-order chi connectivity index (χ0) is 14.5. The molecule has 0 bridgehead atoms. The highest BCUT2D eigenvalue weighted by molar-refractivity contribution is 5.85. The molecule has 1 amide bonds. The van der Waals surface area contributed by atoms with Crippen LogP contribution in [0.3, 0.4) is 0 Å². The van der Waals surface area contributed by atoms with Gasteiger partial charge in [-0.15, -0.1) is 0 Å². The highest BCUT2D eigenvalue weighted by Gasteiger charge is 2.30. The van der Waals surface area contributed by atoms with Crippen molar-refractivity contribution in [3.8, 4) is 11.5 Å². The van der Waals surface area contributed by atoms with Gasteiger partial charge in [-0.3, -0.25) is 4.79 Å². The van der Waals surface area contributed by atoms with Crippen LogP contribution in [-0.4, -0.2) is 50.9 Å². The smallest absolute Gasteiger partial charge is 0.266 e. The second kappa shape index (κ2) is 6.27. The van der Waals surface area contributed by atoms with Gasteiger partial charge in [-0.2, -0.15) is 0 Å². The number of hydrogen-bond acceptors (Lipinski definition) is 5. The summed E-state index contributed by atoms with van der Waals surface area (Å²) in [5.74, 6) is 1.32. The summed E-state index contributed by atoms with van der Waals surface area (Å²) in [5.41, 5.74) is 0.727. The van der Waals surface area contributed by atoms with Crippen molar-refractivity contribution in [2.45, 2.75) is 12.5 Å². The van der Waals surface area contributed by atoms with Crippen molar-refractivity contribution in [2.24, 2.45) is 5.16 Å². The van der Waals surface area contributed by atoms with E-state index in [1.54, 1.807) is 44.4 Å². The molecule has 1 aliphatic heterocycles. The number of likely N-dealkylation sites (tertiary alicyclic amines) is 1. The second-order valence-corrected chi connectivity index (χ2v) is 4.48. The molecule has 108 valence electrons. The van der Waals surface area contributed by atoms with E-state index >= 15 is 0 Å². The first-order valence-corrected chi connectivity index (χ1v) is 6.32. The number of likely N-dealkylation sites (N-methyl/N-ethyl adjacent to an activating group) is 1. The van der Waals surface area contributed by atoms with Gasteiger partial charge in [-0.05, 0) is 18.2 Å². The number of nitrogens with zero attached hydrogens (tertiary/aromatic N) is 2. The third-order valence-electron chi connectivity index (χ3n) is 3.20. The van der Waals surface area contributed by atoms with Gasteiger partial charge in [0, 0.05) is 25.6 Å². The molecular weight excluding hydrogens is 260 g/mol. The molecule has 1 fully saturated rings. The number of rotatable bonds is 5. The summed E-state index contributed by atoms with van der Waals surface area (Å²) in [7, 11) is 4.92. The van der Waals surface area contributed by atoms with Crippen LogP contribution in [0.4, 0.5) is 0 Å². The number of carbonyl (C=O) groups is 1. The van der Waals surface area contributed by atoms with Crippen LogP contribution in [0.15, 0.2) is 23.4 Å². The lowest BCUT2D eigenvalue weighted by Crippen LogP contribution is -2.26. The van der Waals surface area contributed by atoms with Crippen LogP contribution in [0.25, 0.3) is 0 Å². The van der Waals surface area contributed by atoms with E-state index in [0.29, 0.717) is 24.5 Å². The first-order chi connectivity index (χ1) is 9.65. The highest BCUT2D eigenvalue weighted by atomic mass is 16.6. The Bertz CT molecular complexity index is 516. The summed E-state index contributed by atoms with van der Waals surface area (Å²) in [6.07, 6.45) is 1.68. The summed E-state index contributed by atoms with van der Waals surface area (Å²) in [6.45, 7) is 0.696. The SMILES string of the molecule is COc1ccc(OC)c(C=NO[C@@H]2CCN(C)C2=O)c1. The van der Waals surface area contributed by atoms with Crippen molar-refractivity contribution in [3.05, 3.63) is 23.8 Å². The second-order valence-electron chi connectivity index (χ2n) is 4.48. The molecule has 1 aromatic rings. The Morgan fingerprint density at radius 3 is 2.75 bits per heavy atom. The molecule has 0 saturated carbocycles. The Hall–Kier alpha value is -2.24. The molecule has 0 N–H and O–H groups in total. The molecule has 6 nitrogen and oxygen atoms in total. The number of oxime groups is 1. The van der Waals surface area contributed by atoms with Crippen LogP contribution in [0.2, 0.25) is 0 Å².